The summed E-state index contributed by atoms with van der Waals surface area (Å²) in [6, 6.07) is 18.5. The molecule has 22 heavy (non-hydrogen) atoms. The molecule has 0 radical (unpaired) electrons. The predicted molar refractivity (Wildman–Crippen MR) is 88.1 cm³/mol. The van der Waals surface area contributed by atoms with Crippen molar-refractivity contribution in [2.75, 3.05) is 13.2 Å². The number of rotatable bonds is 6. The molecule has 2 N–H and O–H groups in total. The number of aliphatic hydroxyl groups is 1. The SMILES string of the molecule is O[C@@H](CN[C@@H]1CCCc2ccccc21)COc1ccccc1. The average molecular weight is 297 g/mol. The van der Waals surface area contributed by atoms with E-state index in [9.17, 15) is 5.11 Å². The molecule has 1 aliphatic carbocycles. The van der Waals surface area contributed by atoms with Crippen LogP contribution in [0.25, 0.3) is 0 Å². The number of para-hydroxylation sites is 1. The van der Waals surface area contributed by atoms with Crippen LogP contribution in [0.1, 0.15) is 30.0 Å². The van der Waals surface area contributed by atoms with E-state index in [-0.39, 0.29) is 0 Å². The number of hydrogen-bond donors (Lipinski definition) is 2. The minimum absolute atomic E-state index is 0.311. The number of aryl methyl sites for hydroxylation is 1. The summed E-state index contributed by atoms with van der Waals surface area (Å²) in [5.74, 6) is 0.796. The molecule has 3 rings (SSSR count). The zero-order chi connectivity index (χ0) is 15.2. The smallest absolute Gasteiger partial charge is 0.119 e. The second-order valence-electron chi connectivity index (χ2n) is 5.83. The molecule has 0 aliphatic heterocycles. The highest BCUT2D eigenvalue weighted by Gasteiger charge is 2.20. The summed E-state index contributed by atoms with van der Waals surface area (Å²) in [5, 5.41) is 13.6. The van der Waals surface area contributed by atoms with Crippen molar-refractivity contribution in [3.63, 3.8) is 0 Å². The van der Waals surface area contributed by atoms with Gasteiger partial charge in [0.25, 0.3) is 0 Å². The first kappa shape index (κ1) is 15.1. The third-order valence-corrected chi connectivity index (χ3v) is 4.15. The molecule has 0 fully saturated rings. The maximum absolute atomic E-state index is 10.1. The van der Waals surface area contributed by atoms with Gasteiger partial charge in [-0.05, 0) is 42.5 Å². The monoisotopic (exact) mass is 297 g/mol. The molecular weight excluding hydrogens is 274 g/mol. The van der Waals surface area contributed by atoms with Crippen LogP contribution in [-0.2, 0) is 6.42 Å². The van der Waals surface area contributed by atoms with Crippen LogP contribution in [-0.4, -0.2) is 24.4 Å². The van der Waals surface area contributed by atoms with Gasteiger partial charge in [-0.3, -0.25) is 0 Å². The van der Waals surface area contributed by atoms with Crippen molar-refractivity contribution in [2.24, 2.45) is 0 Å². The highest BCUT2D eigenvalue weighted by atomic mass is 16.5. The molecule has 0 saturated carbocycles. The molecule has 0 aromatic heterocycles. The number of nitrogens with one attached hydrogen (secondary N) is 1. The molecule has 1 aliphatic rings. The van der Waals surface area contributed by atoms with Crippen LogP contribution in [0, 0.1) is 0 Å². The topological polar surface area (TPSA) is 41.5 Å². The molecule has 0 unspecified atom stereocenters. The summed E-state index contributed by atoms with van der Waals surface area (Å²) < 4.78 is 5.59. The zero-order valence-corrected chi connectivity index (χ0v) is 12.7. The van der Waals surface area contributed by atoms with Crippen LogP contribution in [0.2, 0.25) is 0 Å². The van der Waals surface area contributed by atoms with Gasteiger partial charge >= 0.3 is 0 Å². The zero-order valence-electron chi connectivity index (χ0n) is 12.7. The van der Waals surface area contributed by atoms with Gasteiger partial charge < -0.3 is 15.2 Å². The lowest BCUT2D eigenvalue weighted by Crippen LogP contribution is -2.35. The molecule has 116 valence electrons. The van der Waals surface area contributed by atoms with E-state index in [1.165, 1.54) is 17.5 Å². The van der Waals surface area contributed by atoms with E-state index in [1.54, 1.807) is 0 Å². The Morgan fingerprint density at radius 2 is 1.86 bits per heavy atom. The fourth-order valence-electron chi connectivity index (χ4n) is 3.01. The molecule has 0 spiro atoms. The number of hydrogen-bond acceptors (Lipinski definition) is 3. The van der Waals surface area contributed by atoms with E-state index >= 15 is 0 Å². The van der Waals surface area contributed by atoms with E-state index < -0.39 is 6.10 Å². The Labute approximate surface area is 131 Å². The normalized spacial score (nSPS) is 18.5. The second-order valence-corrected chi connectivity index (χ2v) is 5.83. The van der Waals surface area contributed by atoms with Crippen molar-refractivity contribution in [1.82, 2.24) is 5.32 Å². The van der Waals surface area contributed by atoms with Crippen molar-refractivity contribution in [2.45, 2.75) is 31.4 Å². The Bertz CT molecular complexity index is 585. The first-order chi connectivity index (χ1) is 10.8. The van der Waals surface area contributed by atoms with E-state index in [0.717, 1.165) is 18.6 Å². The Morgan fingerprint density at radius 3 is 2.73 bits per heavy atom. The predicted octanol–water partition coefficient (Wildman–Crippen LogP) is 3.09. The lowest BCUT2D eigenvalue weighted by atomic mass is 9.88. The summed E-state index contributed by atoms with van der Waals surface area (Å²) in [4.78, 5) is 0. The van der Waals surface area contributed by atoms with Crippen LogP contribution in [0.4, 0.5) is 0 Å². The van der Waals surface area contributed by atoms with Gasteiger partial charge in [0.2, 0.25) is 0 Å². The summed E-state index contributed by atoms with van der Waals surface area (Å²) in [6.07, 6.45) is 2.98. The molecule has 2 atom stereocenters. The first-order valence-electron chi connectivity index (χ1n) is 8.00. The lowest BCUT2D eigenvalue weighted by molar-refractivity contribution is 0.103. The highest BCUT2D eigenvalue weighted by Crippen LogP contribution is 2.29. The van der Waals surface area contributed by atoms with E-state index in [1.807, 2.05) is 30.3 Å². The van der Waals surface area contributed by atoms with Crippen molar-refractivity contribution in [3.05, 3.63) is 65.7 Å². The molecule has 0 heterocycles. The third-order valence-electron chi connectivity index (χ3n) is 4.15. The molecule has 0 amide bonds. The largest absolute Gasteiger partial charge is 0.491 e. The van der Waals surface area contributed by atoms with E-state index in [4.69, 9.17) is 4.74 Å². The summed E-state index contributed by atoms with van der Waals surface area (Å²) in [5.41, 5.74) is 2.81. The maximum atomic E-state index is 10.1. The Balaban J connectivity index is 1.48. The standard InChI is InChI=1S/C19H23NO2/c21-16(14-22-17-9-2-1-3-10-17)13-20-19-12-6-8-15-7-4-5-11-18(15)19/h1-5,7,9-11,16,19-21H,6,8,12-14H2/t16-,19+/m0/s1. The van der Waals surface area contributed by atoms with Gasteiger partial charge in [0.05, 0.1) is 0 Å². The summed E-state index contributed by atoms with van der Waals surface area (Å²) in [7, 11) is 0. The molecule has 2 aromatic carbocycles. The fourth-order valence-corrected chi connectivity index (χ4v) is 3.01. The van der Waals surface area contributed by atoms with Crippen LogP contribution in [0.15, 0.2) is 54.6 Å². The van der Waals surface area contributed by atoms with Crippen LogP contribution in [0.3, 0.4) is 0 Å². The quantitative estimate of drug-likeness (QED) is 0.861. The van der Waals surface area contributed by atoms with E-state index in [2.05, 4.69) is 29.6 Å². The Morgan fingerprint density at radius 1 is 1.09 bits per heavy atom. The molecule has 3 nitrogen and oxygen atoms in total. The summed E-state index contributed by atoms with van der Waals surface area (Å²) in [6.45, 7) is 0.858. The molecule has 2 aromatic rings. The number of ether oxygens (including phenoxy) is 1. The van der Waals surface area contributed by atoms with Crippen LogP contribution >= 0.6 is 0 Å². The van der Waals surface area contributed by atoms with Crippen molar-refractivity contribution < 1.29 is 9.84 Å². The van der Waals surface area contributed by atoms with Gasteiger partial charge in [-0.15, -0.1) is 0 Å². The highest BCUT2D eigenvalue weighted by molar-refractivity contribution is 5.32. The fraction of sp³-hybridized carbons (Fsp3) is 0.368. The van der Waals surface area contributed by atoms with Gasteiger partial charge in [0.1, 0.15) is 18.5 Å². The lowest BCUT2D eigenvalue weighted by Gasteiger charge is -2.27. The third kappa shape index (κ3) is 3.87. The minimum Gasteiger partial charge on any atom is -0.491 e. The van der Waals surface area contributed by atoms with Crippen molar-refractivity contribution >= 4 is 0 Å². The molecule has 0 bridgehead atoms. The molecule has 3 heteroatoms. The van der Waals surface area contributed by atoms with Gasteiger partial charge in [0.15, 0.2) is 0 Å². The second kappa shape index (κ2) is 7.43. The van der Waals surface area contributed by atoms with Gasteiger partial charge in [-0.25, -0.2) is 0 Å². The van der Waals surface area contributed by atoms with Gasteiger partial charge in [-0.1, -0.05) is 42.5 Å². The maximum Gasteiger partial charge on any atom is 0.119 e. The Kier molecular flexibility index (Phi) is 5.09. The number of aliphatic hydroxyl groups excluding tert-OH is 1. The van der Waals surface area contributed by atoms with Gasteiger partial charge in [0, 0.05) is 12.6 Å². The molecular formula is C19H23NO2. The Hall–Kier alpha value is -1.84. The summed E-state index contributed by atoms with van der Waals surface area (Å²) >= 11 is 0. The van der Waals surface area contributed by atoms with E-state index in [0.29, 0.717) is 19.2 Å². The van der Waals surface area contributed by atoms with Gasteiger partial charge in [-0.2, -0.15) is 0 Å². The first-order valence-corrected chi connectivity index (χ1v) is 8.00. The van der Waals surface area contributed by atoms with Crippen LogP contribution < -0.4 is 10.1 Å². The minimum atomic E-state index is -0.505. The van der Waals surface area contributed by atoms with Crippen molar-refractivity contribution in [3.8, 4) is 5.75 Å². The average Bonchev–Trinajstić information content (AvgIpc) is 2.59. The molecule has 0 saturated heterocycles. The number of benzene rings is 2. The van der Waals surface area contributed by atoms with Crippen molar-refractivity contribution in [1.29, 1.82) is 0 Å². The van der Waals surface area contributed by atoms with Crippen LogP contribution in [0.5, 0.6) is 5.75 Å². The number of fused-ring (bicyclic) bond motifs is 1.